The molecule has 0 aromatic rings. The van der Waals surface area contributed by atoms with Crippen molar-refractivity contribution >= 4 is 17.9 Å². The molecular formula is C88H145NO8. The number of ether oxygens (including phenoxy) is 4. The number of rotatable bonds is 71. The van der Waals surface area contributed by atoms with Crippen molar-refractivity contribution in [3.05, 3.63) is 170 Å². The first-order valence-corrected chi connectivity index (χ1v) is 39.3. The zero-order valence-corrected chi connectivity index (χ0v) is 62.9. The van der Waals surface area contributed by atoms with Crippen LogP contribution in [0.25, 0.3) is 0 Å². The third kappa shape index (κ3) is 77.9. The highest BCUT2D eigenvalue weighted by atomic mass is 16.7. The van der Waals surface area contributed by atoms with Crippen molar-refractivity contribution in [3.63, 3.8) is 0 Å². The molecule has 0 radical (unpaired) electrons. The molecule has 0 saturated heterocycles. The Hall–Kier alpha value is -5.35. The standard InChI is InChI=1S/C88H145NO8/c1-6-8-10-12-14-16-18-20-22-24-26-28-30-32-34-36-38-39-40-41-42-43-44-45-46-47-49-51-53-55-57-59-61-63-65-67-69-71-73-75-77-79-86(91)97-84(83-96-88(87(92)93)94-81-80-89(3,4)5)82-95-85(90)78-76-74-72-70-68-66-64-62-60-58-56-54-52-50-48-37-35-33-31-29-27-25-23-21-19-17-15-13-11-9-7-2/h8,10,14,16,19-22,25-28,31-34,38-39,41-42,44-45,47,49,53,55,59,61,84,88H,6-7,9,11-13,15,17-18,23-24,29-30,35-37,40,43,46,48,50-52,54,56-58,60,62-83H2,1-5H3/b10-8-,16-14-,21-19-,22-20-,27-25-,28-26-,33-31-,34-32-,39-38-,42-41-,45-44-,49-47-,55-53-,61-59-. The number of likely N-dealkylation sites (N-methyl/N-ethyl adjacent to an activating group) is 1. The quantitative estimate of drug-likeness (QED) is 0.0195. The molecule has 0 aliphatic rings. The van der Waals surface area contributed by atoms with Gasteiger partial charge in [-0.15, -0.1) is 0 Å². The SMILES string of the molecule is CC/C=C\C/C=C\C/C=C\C/C=C\C/C=C\C/C=C\C/C=C\C/C=C\C/C=C\C/C=C\C/C=C\CCCCCCCCCC(=O)OC(COC(=O)CCCCCCCCCCCCCCCCCC/C=C\C/C=C\C/C=C\CCCCCCC)COC(OCC[N+](C)(C)C)C(=O)[O-]. The van der Waals surface area contributed by atoms with E-state index < -0.39 is 24.3 Å². The number of hydrogen-bond donors (Lipinski definition) is 0. The van der Waals surface area contributed by atoms with E-state index in [2.05, 4.69) is 184 Å². The molecule has 2 unspecified atom stereocenters. The van der Waals surface area contributed by atoms with Crippen LogP contribution in [0.4, 0.5) is 0 Å². The van der Waals surface area contributed by atoms with Gasteiger partial charge in [-0.3, -0.25) is 9.59 Å². The number of hydrogen-bond acceptors (Lipinski definition) is 8. The van der Waals surface area contributed by atoms with Crippen LogP contribution in [0.3, 0.4) is 0 Å². The minimum Gasteiger partial charge on any atom is -0.545 e. The second-order valence-corrected chi connectivity index (χ2v) is 26.9. The fourth-order valence-electron chi connectivity index (χ4n) is 10.5. The van der Waals surface area contributed by atoms with E-state index in [9.17, 15) is 19.5 Å². The number of quaternary nitrogens is 1. The summed E-state index contributed by atoms with van der Waals surface area (Å²) in [5.74, 6) is -2.30. The molecule has 97 heavy (non-hydrogen) atoms. The Morgan fingerprint density at radius 1 is 0.320 bits per heavy atom. The first-order chi connectivity index (χ1) is 47.6. The van der Waals surface area contributed by atoms with Gasteiger partial charge in [0.05, 0.1) is 40.3 Å². The van der Waals surface area contributed by atoms with E-state index in [-0.39, 0.29) is 38.6 Å². The van der Waals surface area contributed by atoms with Crippen LogP contribution in [0.1, 0.15) is 309 Å². The minimum absolute atomic E-state index is 0.138. The second-order valence-electron chi connectivity index (χ2n) is 26.9. The molecule has 0 bridgehead atoms. The molecule has 2 atom stereocenters. The van der Waals surface area contributed by atoms with Crippen molar-refractivity contribution < 1.29 is 42.9 Å². The summed E-state index contributed by atoms with van der Waals surface area (Å²) in [4.78, 5) is 37.6. The van der Waals surface area contributed by atoms with Gasteiger partial charge in [-0.25, -0.2) is 0 Å². The van der Waals surface area contributed by atoms with E-state index in [4.69, 9.17) is 18.9 Å². The summed E-state index contributed by atoms with van der Waals surface area (Å²) >= 11 is 0. The number of carbonyl (C=O) groups is 3. The lowest BCUT2D eigenvalue weighted by Crippen LogP contribution is -2.44. The third-order valence-corrected chi connectivity index (χ3v) is 16.4. The Balaban J connectivity index is 4.15. The van der Waals surface area contributed by atoms with E-state index in [0.717, 1.165) is 128 Å². The van der Waals surface area contributed by atoms with Crippen LogP contribution >= 0.6 is 0 Å². The maximum atomic E-state index is 13.0. The molecular weight excluding hydrogens is 1200 g/mol. The molecule has 0 spiro atoms. The van der Waals surface area contributed by atoms with Crippen molar-refractivity contribution in [2.24, 2.45) is 0 Å². The number of carboxylic acids is 1. The number of unbranched alkanes of at least 4 members (excludes halogenated alkanes) is 28. The summed E-state index contributed by atoms with van der Waals surface area (Å²) in [5.41, 5.74) is 0. The summed E-state index contributed by atoms with van der Waals surface area (Å²) < 4.78 is 22.8. The fraction of sp³-hybridized carbons (Fsp3) is 0.648. The number of carbonyl (C=O) groups excluding carboxylic acids is 3. The van der Waals surface area contributed by atoms with Crippen LogP contribution in [-0.4, -0.2) is 82.3 Å². The smallest absolute Gasteiger partial charge is 0.306 e. The summed E-state index contributed by atoms with van der Waals surface area (Å²) in [6, 6.07) is 0. The molecule has 550 valence electrons. The topological polar surface area (TPSA) is 111 Å². The number of allylic oxidation sites excluding steroid dienone is 28. The molecule has 0 aromatic carbocycles. The maximum absolute atomic E-state index is 13.0. The molecule has 0 aliphatic carbocycles. The highest BCUT2D eigenvalue weighted by molar-refractivity contribution is 5.70. The predicted molar refractivity (Wildman–Crippen MR) is 416 cm³/mol. The Labute approximate surface area is 597 Å². The van der Waals surface area contributed by atoms with Crippen molar-refractivity contribution in [3.8, 4) is 0 Å². The number of nitrogens with zero attached hydrogens (tertiary/aromatic N) is 1. The molecule has 0 aliphatic heterocycles. The van der Waals surface area contributed by atoms with Crippen molar-refractivity contribution in [2.75, 3.05) is 47.5 Å². The summed E-state index contributed by atoms with van der Waals surface area (Å²) in [6.45, 7) is 4.62. The predicted octanol–water partition coefficient (Wildman–Crippen LogP) is 24.0. The van der Waals surface area contributed by atoms with E-state index in [1.807, 2.05) is 21.1 Å². The number of esters is 2. The van der Waals surface area contributed by atoms with Gasteiger partial charge in [-0.2, -0.15) is 0 Å². The van der Waals surface area contributed by atoms with Crippen LogP contribution in [0.15, 0.2) is 170 Å². The first kappa shape index (κ1) is 91.6. The summed E-state index contributed by atoms with van der Waals surface area (Å²) in [5, 5.41) is 11.9. The van der Waals surface area contributed by atoms with Gasteiger partial charge in [-0.1, -0.05) is 332 Å². The van der Waals surface area contributed by atoms with Crippen LogP contribution in [0.2, 0.25) is 0 Å². The van der Waals surface area contributed by atoms with Crippen LogP contribution in [0, 0.1) is 0 Å². The fourth-order valence-corrected chi connectivity index (χ4v) is 10.5. The average Bonchev–Trinajstić information content (AvgIpc) is 3.27. The van der Waals surface area contributed by atoms with Gasteiger partial charge in [0, 0.05) is 12.8 Å². The molecule has 0 fully saturated rings. The van der Waals surface area contributed by atoms with Gasteiger partial charge in [0.2, 0.25) is 0 Å². The molecule has 0 rings (SSSR count). The lowest BCUT2D eigenvalue weighted by Gasteiger charge is -2.26. The van der Waals surface area contributed by atoms with E-state index in [0.29, 0.717) is 17.4 Å². The van der Waals surface area contributed by atoms with Gasteiger partial charge in [0.25, 0.3) is 0 Å². The molecule has 0 aromatic heterocycles. The van der Waals surface area contributed by atoms with Crippen LogP contribution < -0.4 is 5.11 Å². The zero-order chi connectivity index (χ0) is 70.4. The second kappa shape index (κ2) is 76.4. The lowest BCUT2D eigenvalue weighted by atomic mass is 10.0. The zero-order valence-electron chi connectivity index (χ0n) is 62.9. The van der Waals surface area contributed by atoms with Crippen molar-refractivity contribution in [2.45, 2.75) is 322 Å². The normalized spacial score (nSPS) is 13.6. The molecule has 9 heteroatoms. The van der Waals surface area contributed by atoms with Gasteiger partial charge < -0.3 is 33.3 Å². The first-order valence-electron chi connectivity index (χ1n) is 39.3. The molecule has 0 saturated carbocycles. The number of aliphatic carboxylic acids is 1. The highest BCUT2D eigenvalue weighted by Gasteiger charge is 2.22. The van der Waals surface area contributed by atoms with E-state index in [1.165, 1.54) is 148 Å². The van der Waals surface area contributed by atoms with Gasteiger partial charge >= 0.3 is 11.9 Å². The Morgan fingerprint density at radius 3 is 0.876 bits per heavy atom. The van der Waals surface area contributed by atoms with Gasteiger partial charge in [0.15, 0.2) is 12.4 Å². The van der Waals surface area contributed by atoms with E-state index >= 15 is 0 Å². The Morgan fingerprint density at radius 2 is 0.588 bits per heavy atom. The summed E-state index contributed by atoms with van der Waals surface area (Å²) in [6.07, 6.45) is 112. The third-order valence-electron chi connectivity index (χ3n) is 16.4. The average molecular weight is 1350 g/mol. The largest absolute Gasteiger partial charge is 0.545 e. The number of carboxylic acid groups (broad SMARTS) is 1. The molecule has 0 amide bonds. The molecule has 0 N–H and O–H groups in total. The van der Waals surface area contributed by atoms with Crippen molar-refractivity contribution in [1.82, 2.24) is 0 Å². The van der Waals surface area contributed by atoms with Gasteiger partial charge in [0.1, 0.15) is 13.2 Å². The minimum atomic E-state index is -1.64. The van der Waals surface area contributed by atoms with Gasteiger partial charge in [-0.05, 0) is 135 Å². The van der Waals surface area contributed by atoms with Crippen molar-refractivity contribution in [1.29, 1.82) is 0 Å². The molecule has 0 heterocycles. The maximum Gasteiger partial charge on any atom is 0.306 e. The lowest BCUT2D eigenvalue weighted by molar-refractivity contribution is -0.870. The Bertz CT molecular complexity index is 2210. The Kier molecular flexibility index (Phi) is 72.2. The molecule has 9 nitrogen and oxygen atoms in total. The monoisotopic (exact) mass is 1340 g/mol. The van der Waals surface area contributed by atoms with Crippen LogP contribution in [0.5, 0.6) is 0 Å². The van der Waals surface area contributed by atoms with Crippen LogP contribution in [-0.2, 0) is 33.3 Å². The highest BCUT2D eigenvalue weighted by Crippen LogP contribution is 2.17. The van der Waals surface area contributed by atoms with E-state index in [1.54, 1.807) is 0 Å². The summed E-state index contributed by atoms with van der Waals surface area (Å²) in [7, 11) is 5.92.